The van der Waals surface area contributed by atoms with Crippen LogP contribution in [0.1, 0.15) is 65.2 Å². The molecule has 0 atom stereocenters. The minimum Gasteiger partial charge on any atom is -0.508 e. The lowest BCUT2D eigenvalue weighted by atomic mass is 9.88. The Morgan fingerprint density at radius 3 is 2.00 bits per heavy atom. The van der Waals surface area contributed by atoms with Crippen LogP contribution in [0.5, 0.6) is 5.75 Å². The molecule has 1 N–H and O–H groups in total. The average molecular weight is 343 g/mol. The molecule has 0 saturated heterocycles. The average Bonchev–Trinajstić information content (AvgIpc) is 2.50. The monoisotopic (exact) mass is 342 g/mol. The summed E-state index contributed by atoms with van der Waals surface area (Å²) >= 11 is 0. The summed E-state index contributed by atoms with van der Waals surface area (Å²) in [6.07, 6.45) is 2.20. The van der Waals surface area contributed by atoms with Gasteiger partial charge >= 0.3 is 0 Å². The SMILES string of the molecule is CC.CC(C)(C)Cc1cccc(O)c1.Cc1ccccc1CC(C)C. The lowest BCUT2D eigenvalue weighted by Gasteiger charge is -2.17. The highest BCUT2D eigenvalue weighted by molar-refractivity contribution is 5.27. The number of benzene rings is 2. The van der Waals surface area contributed by atoms with Gasteiger partial charge in [0.05, 0.1) is 0 Å². The number of aryl methyl sites for hydroxylation is 1. The van der Waals surface area contributed by atoms with Crippen molar-refractivity contribution in [2.24, 2.45) is 11.3 Å². The van der Waals surface area contributed by atoms with Crippen LogP contribution in [0.2, 0.25) is 0 Å². The van der Waals surface area contributed by atoms with Crippen molar-refractivity contribution >= 4 is 0 Å². The van der Waals surface area contributed by atoms with Crippen molar-refractivity contribution in [2.45, 2.75) is 68.2 Å². The van der Waals surface area contributed by atoms with Crippen molar-refractivity contribution in [3.8, 4) is 5.75 Å². The van der Waals surface area contributed by atoms with E-state index in [9.17, 15) is 5.11 Å². The standard InChI is InChI=1S/C11H16O.C11H16.C2H6/c1-11(2,3)8-9-5-4-6-10(12)7-9;1-9(2)8-11-7-5-4-6-10(11)3;1-2/h4-7,12H,8H2,1-3H3;4-7,9H,8H2,1-3H3;1-2H3. The smallest absolute Gasteiger partial charge is 0.115 e. The van der Waals surface area contributed by atoms with E-state index in [1.165, 1.54) is 23.1 Å². The second kappa shape index (κ2) is 11.7. The second-order valence-corrected chi connectivity index (χ2v) is 7.93. The van der Waals surface area contributed by atoms with Crippen molar-refractivity contribution < 1.29 is 5.11 Å². The van der Waals surface area contributed by atoms with E-state index in [0.29, 0.717) is 5.75 Å². The summed E-state index contributed by atoms with van der Waals surface area (Å²) in [6, 6.07) is 16.1. The Kier molecular flexibility index (Phi) is 10.9. The van der Waals surface area contributed by atoms with Crippen LogP contribution in [-0.4, -0.2) is 5.11 Å². The lowest BCUT2D eigenvalue weighted by Crippen LogP contribution is -2.08. The number of phenols is 1. The molecule has 140 valence electrons. The van der Waals surface area contributed by atoms with Crippen LogP contribution in [0.25, 0.3) is 0 Å². The Hall–Kier alpha value is -1.76. The largest absolute Gasteiger partial charge is 0.508 e. The second-order valence-electron chi connectivity index (χ2n) is 7.93. The molecule has 0 aliphatic heterocycles. The van der Waals surface area contributed by atoms with E-state index in [-0.39, 0.29) is 5.41 Å². The van der Waals surface area contributed by atoms with Crippen LogP contribution in [0.15, 0.2) is 48.5 Å². The van der Waals surface area contributed by atoms with Gasteiger partial charge in [-0.15, -0.1) is 0 Å². The minimum absolute atomic E-state index is 0.286. The molecule has 2 aromatic carbocycles. The molecule has 2 rings (SSSR count). The Morgan fingerprint density at radius 2 is 1.52 bits per heavy atom. The summed E-state index contributed by atoms with van der Waals surface area (Å²) < 4.78 is 0. The fraction of sp³-hybridized carbons (Fsp3) is 0.500. The number of phenolic OH excluding ortho intramolecular Hbond substituents is 1. The van der Waals surface area contributed by atoms with E-state index in [1.807, 2.05) is 32.0 Å². The van der Waals surface area contributed by atoms with Gasteiger partial charge < -0.3 is 5.11 Å². The molecule has 2 aromatic rings. The molecule has 0 aliphatic carbocycles. The molecule has 0 radical (unpaired) electrons. The number of hydrogen-bond acceptors (Lipinski definition) is 1. The summed E-state index contributed by atoms with van der Waals surface area (Å²) in [7, 11) is 0. The van der Waals surface area contributed by atoms with E-state index < -0.39 is 0 Å². The molecule has 1 heteroatoms. The summed E-state index contributed by atoms with van der Waals surface area (Å²) in [5.74, 6) is 1.12. The molecule has 25 heavy (non-hydrogen) atoms. The molecule has 0 unspecified atom stereocenters. The fourth-order valence-corrected chi connectivity index (χ4v) is 2.56. The van der Waals surface area contributed by atoms with E-state index in [4.69, 9.17) is 0 Å². The van der Waals surface area contributed by atoms with Crippen molar-refractivity contribution in [3.05, 3.63) is 65.2 Å². The van der Waals surface area contributed by atoms with Gasteiger partial charge in [0.1, 0.15) is 5.75 Å². The first-order chi connectivity index (χ1) is 11.7. The predicted octanol–water partition coefficient (Wildman–Crippen LogP) is 7.20. The van der Waals surface area contributed by atoms with E-state index in [0.717, 1.165) is 12.3 Å². The van der Waals surface area contributed by atoms with E-state index >= 15 is 0 Å². The van der Waals surface area contributed by atoms with Gasteiger partial charge in [-0.2, -0.15) is 0 Å². The van der Waals surface area contributed by atoms with Gasteiger partial charge in [-0.1, -0.05) is 84.9 Å². The third-order valence-corrected chi connectivity index (χ3v) is 3.53. The topological polar surface area (TPSA) is 20.2 Å². The molecule has 0 bridgehead atoms. The fourth-order valence-electron chi connectivity index (χ4n) is 2.56. The molecule has 0 spiro atoms. The Balaban J connectivity index is 0.000000421. The normalized spacial score (nSPS) is 10.4. The van der Waals surface area contributed by atoms with Gasteiger partial charge in [0, 0.05) is 0 Å². The van der Waals surface area contributed by atoms with Gasteiger partial charge in [-0.3, -0.25) is 0 Å². The highest BCUT2D eigenvalue weighted by atomic mass is 16.3. The molecular weight excluding hydrogens is 304 g/mol. The summed E-state index contributed by atoms with van der Waals surface area (Å²) in [4.78, 5) is 0. The molecule has 0 saturated carbocycles. The van der Waals surface area contributed by atoms with Crippen LogP contribution >= 0.6 is 0 Å². The highest BCUT2D eigenvalue weighted by Gasteiger charge is 2.10. The van der Waals surface area contributed by atoms with Gasteiger partial charge in [-0.25, -0.2) is 0 Å². The molecule has 0 fully saturated rings. The number of rotatable bonds is 3. The van der Waals surface area contributed by atoms with Crippen LogP contribution in [0.3, 0.4) is 0 Å². The first kappa shape index (κ1) is 23.2. The Morgan fingerprint density at radius 1 is 0.920 bits per heavy atom. The molecular formula is C24H38O. The van der Waals surface area contributed by atoms with Crippen LogP contribution < -0.4 is 0 Å². The molecule has 0 heterocycles. The van der Waals surface area contributed by atoms with Gasteiger partial charge in [0.25, 0.3) is 0 Å². The first-order valence-electron chi connectivity index (χ1n) is 9.50. The Labute approximate surface area is 156 Å². The third-order valence-electron chi connectivity index (χ3n) is 3.53. The quantitative estimate of drug-likeness (QED) is 0.625. The molecule has 1 nitrogen and oxygen atoms in total. The summed E-state index contributed by atoms with van der Waals surface area (Å²) in [5, 5.41) is 9.21. The lowest BCUT2D eigenvalue weighted by molar-refractivity contribution is 0.409. The van der Waals surface area contributed by atoms with E-state index in [2.05, 4.69) is 65.8 Å². The summed E-state index contributed by atoms with van der Waals surface area (Å²) in [6.45, 7) is 17.3. The van der Waals surface area contributed by atoms with Crippen molar-refractivity contribution in [2.75, 3.05) is 0 Å². The number of hydrogen-bond donors (Lipinski definition) is 1. The number of aromatic hydroxyl groups is 1. The molecule has 0 amide bonds. The van der Waals surface area contributed by atoms with E-state index in [1.54, 1.807) is 6.07 Å². The zero-order valence-corrected chi connectivity index (χ0v) is 17.6. The van der Waals surface area contributed by atoms with Crippen LogP contribution in [0.4, 0.5) is 0 Å². The Bertz CT molecular complexity index is 591. The predicted molar refractivity (Wildman–Crippen MR) is 112 cm³/mol. The third kappa shape index (κ3) is 11.4. The zero-order valence-electron chi connectivity index (χ0n) is 17.6. The maximum absolute atomic E-state index is 9.21. The summed E-state index contributed by atoms with van der Waals surface area (Å²) in [5.41, 5.74) is 4.39. The highest BCUT2D eigenvalue weighted by Crippen LogP contribution is 2.22. The maximum atomic E-state index is 9.21. The van der Waals surface area contributed by atoms with Crippen molar-refractivity contribution in [1.29, 1.82) is 0 Å². The first-order valence-corrected chi connectivity index (χ1v) is 9.50. The van der Waals surface area contributed by atoms with Gasteiger partial charge in [0.2, 0.25) is 0 Å². The molecule has 0 aliphatic rings. The van der Waals surface area contributed by atoms with Gasteiger partial charge in [0.15, 0.2) is 0 Å². The minimum atomic E-state index is 0.286. The molecule has 0 aromatic heterocycles. The zero-order chi connectivity index (χ0) is 19.5. The van der Waals surface area contributed by atoms with Gasteiger partial charge in [-0.05, 0) is 59.9 Å². The van der Waals surface area contributed by atoms with Crippen LogP contribution in [-0.2, 0) is 12.8 Å². The van der Waals surface area contributed by atoms with Crippen molar-refractivity contribution in [1.82, 2.24) is 0 Å². The van der Waals surface area contributed by atoms with Crippen LogP contribution in [0, 0.1) is 18.3 Å². The van der Waals surface area contributed by atoms with Crippen molar-refractivity contribution in [3.63, 3.8) is 0 Å². The maximum Gasteiger partial charge on any atom is 0.115 e.